The highest BCUT2D eigenvalue weighted by Crippen LogP contribution is 2.46. The Hall–Kier alpha value is -2.00. The zero-order valence-corrected chi connectivity index (χ0v) is 18.0. The first-order chi connectivity index (χ1) is 14.2. The van der Waals surface area contributed by atoms with E-state index in [2.05, 4.69) is 0 Å². The molecule has 166 valence electrons. The predicted molar refractivity (Wildman–Crippen MR) is 107 cm³/mol. The maximum atomic E-state index is 12.9. The van der Waals surface area contributed by atoms with Crippen LogP contribution in [-0.2, 0) is 33.3 Å². The molecule has 1 saturated carbocycles. The molecule has 0 spiro atoms. The highest BCUT2D eigenvalue weighted by Gasteiger charge is 2.57. The fourth-order valence-corrected chi connectivity index (χ4v) is 3.86. The number of hydrogen-bond donors (Lipinski definition) is 1. The lowest BCUT2D eigenvalue weighted by atomic mass is 9.62. The van der Waals surface area contributed by atoms with E-state index in [0.717, 1.165) is 0 Å². The third-order valence-electron chi connectivity index (χ3n) is 5.09. The van der Waals surface area contributed by atoms with Gasteiger partial charge in [0.2, 0.25) is 0 Å². The molecule has 0 aliphatic heterocycles. The topological polar surface area (TPSA) is 108 Å². The molecule has 8 nitrogen and oxygen atoms in total. The number of esters is 2. The second kappa shape index (κ2) is 10.9. The summed E-state index contributed by atoms with van der Waals surface area (Å²) in [6.07, 6.45) is -0.384. The number of halogens is 1. The average molecular weight is 443 g/mol. The first kappa shape index (κ1) is 24.3. The monoisotopic (exact) mass is 442 g/mol. The molecule has 30 heavy (non-hydrogen) atoms. The van der Waals surface area contributed by atoms with Crippen molar-refractivity contribution in [3.8, 4) is 0 Å². The fraction of sp³-hybridized carbons (Fsp3) is 0.571. The van der Waals surface area contributed by atoms with Gasteiger partial charge in [-0.2, -0.15) is 0 Å². The lowest BCUT2D eigenvalue weighted by Gasteiger charge is -2.43. The highest BCUT2D eigenvalue weighted by molar-refractivity contribution is 6.30. The zero-order chi connectivity index (χ0) is 22.3. The maximum Gasteiger partial charge on any atom is 0.317 e. The summed E-state index contributed by atoms with van der Waals surface area (Å²) in [5.74, 6) is -5.44. The summed E-state index contributed by atoms with van der Waals surface area (Å²) in [4.78, 5) is 38.6. The Balaban J connectivity index is 2.46. The van der Waals surface area contributed by atoms with Crippen molar-refractivity contribution < 1.29 is 38.4 Å². The molecule has 1 aromatic carbocycles. The van der Waals surface area contributed by atoms with E-state index in [1.807, 2.05) is 0 Å². The van der Waals surface area contributed by atoms with Crippen molar-refractivity contribution in [1.82, 2.24) is 0 Å². The van der Waals surface area contributed by atoms with Crippen LogP contribution >= 0.6 is 11.6 Å². The molecule has 1 aliphatic rings. The molecular formula is C21H27ClO8. The van der Waals surface area contributed by atoms with Crippen LogP contribution in [0, 0.1) is 11.8 Å². The maximum absolute atomic E-state index is 12.9. The Morgan fingerprint density at radius 3 is 2.10 bits per heavy atom. The molecule has 0 radical (unpaired) electrons. The van der Waals surface area contributed by atoms with Gasteiger partial charge >= 0.3 is 11.9 Å². The number of aliphatic hydroxyl groups is 1. The quantitative estimate of drug-likeness (QED) is 0.350. The summed E-state index contributed by atoms with van der Waals surface area (Å²) in [6.45, 7) is 1.67. The fourth-order valence-electron chi connectivity index (χ4n) is 3.73. The summed E-state index contributed by atoms with van der Waals surface area (Å²) >= 11 is 5.97. The van der Waals surface area contributed by atoms with E-state index >= 15 is 0 Å². The summed E-state index contributed by atoms with van der Waals surface area (Å²) < 4.78 is 20.2. The van der Waals surface area contributed by atoms with Crippen LogP contribution in [0.1, 0.15) is 24.8 Å². The Labute approximate surface area is 180 Å². The van der Waals surface area contributed by atoms with Crippen molar-refractivity contribution in [3.63, 3.8) is 0 Å². The summed E-state index contributed by atoms with van der Waals surface area (Å²) in [6, 6.07) is 6.41. The van der Waals surface area contributed by atoms with Gasteiger partial charge in [0, 0.05) is 31.6 Å². The Morgan fingerprint density at radius 1 is 1.03 bits per heavy atom. The first-order valence-electron chi connectivity index (χ1n) is 9.54. The number of carbonyl (C=O) groups excluding carboxylic acids is 3. The minimum Gasteiger partial charge on any atom is -0.463 e. The van der Waals surface area contributed by atoms with Crippen molar-refractivity contribution in [2.45, 2.75) is 24.9 Å². The van der Waals surface area contributed by atoms with Gasteiger partial charge in [0.05, 0.1) is 24.7 Å². The van der Waals surface area contributed by atoms with Crippen LogP contribution in [0.3, 0.4) is 0 Å². The molecule has 9 heteroatoms. The van der Waals surface area contributed by atoms with Crippen LogP contribution in [0.25, 0.3) is 0 Å². The second-order valence-electron chi connectivity index (χ2n) is 7.35. The normalized spacial score (nSPS) is 26.3. The van der Waals surface area contributed by atoms with Gasteiger partial charge in [0.1, 0.15) is 19.1 Å². The molecule has 1 aliphatic carbocycles. The smallest absolute Gasteiger partial charge is 0.317 e. The molecule has 2 rings (SSSR count). The van der Waals surface area contributed by atoms with E-state index in [1.54, 1.807) is 24.3 Å². The van der Waals surface area contributed by atoms with Crippen molar-refractivity contribution in [2.24, 2.45) is 11.8 Å². The summed E-state index contributed by atoms with van der Waals surface area (Å²) in [5, 5.41) is 11.4. The number of ketones is 1. The largest absolute Gasteiger partial charge is 0.463 e. The van der Waals surface area contributed by atoms with Crippen molar-refractivity contribution in [2.75, 3.05) is 40.6 Å². The van der Waals surface area contributed by atoms with Gasteiger partial charge in [0.15, 0.2) is 5.78 Å². The van der Waals surface area contributed by atoms with Gasteiger partial charge in [-0.15, -0.1) is 0 Å². The number of benzene rings is 1. The van der Waals surface area contributed by atoms with Crippen LogP contribution in [0.5, 0.6) is 0 Å². The average Bonchev–Trinajstić information content (AvgIpc) is 2.67. The number of carbonyl (C=O) groups is 3. The number of rotatable bonds is 9. The molecule has 1 aromatic rings. The minimum atomic E-state index is -1.71. The van der Waals surface area contributed by atoms with Crippen molar-refractivity contribution in [3.05, 3.63) is 34.9 Å². The van der Waals surface area contributed by atoms with Crippen molar-refractivity contribution >= 4 is 29.3 Å². The molecule has 1 fully saturated rings. The molecule has 0 heterocycles. The number of methoxy groups -OCH3 is 2. The van der Waals surface area contributed by atoms with Crippen LogP contribution in [0.15, 0.2) is 24.3 Å². The molecule has 4 atom stereocenters. The van der Waals surface area contributed by atoms with E-state index in [-0.39, 0.29) is 32.8 Å². The number of ether oxygens (including phenoxy) is 4. The van der Waals surface area contributed by atoms with Gasteiger partial charge in [-0.25, -0.2) is 0 Å². The molecule has 0 aromatic heterocycles. The molecule has 0 saturated heterocycles. The molecular weight excluding hydrogens is 416 g/mol. The van der Waals surface area contributed by atoms with Gasteiger partial charge < -0.3 is 24.1 Å². The predicted octanol–water partition coefficient (Wildman–Crippen LogP) is 1.76. The van der Waals surface area contributed by atoms with Gasteiger partial charge in [0.25, 0.3) is 0 Å². The second-order valence-corrected chi connectivity index (χ2v) is 7.79. The Morgan fingerprint density at radius 2 is 1.57 bits per heavy atom. The van der Waals surface area contributed by atoms with E-state index in [0.29, 0.717) is 10.6 Å². The minimum absolute atomic E-state index is 0.0217. The molecule has 0 amide bonds. The summed E-state index contributed by atoms with van der Waals surface area (Å²) in [7, 11) is 2.92. The highest BCUT2D eigenvalue weighted by atomic mass is 35.5. The molecule has 1 N–H and O–H groups in total. The van der Waals surface area contributed by atoms with Gasteiger partial charge in [-0.05, 0) is 24.6 Å². The van der Waals surface area contributed by atoms with Gasteiger partial charge in [-0.1, -0.05) is 23.7 Å². The Kier molecular flexibility index (Phi) is 8.78. The van der Waals surface area contributed by atoms with E-state index in [1.165, 1.54) is 21.1 Å². The van der Waals surface area contributed by atoms with Crippen LogP contribution in [0.2, 0.25) is 5.02 Å². The SMILES string of the molecule is COCCOC(=O)[C@H]1C(=O)C[C@@](C)(O)[C@@H](C(=O)OCCOC)[C@H]1c1ccc(Cl)cc1. The summed E-state index contributed by atoms with van der Waals surface area (Å²) in [5.41, 5.74) is -1.22. The van der Waals surface area contributed by atoms with E-state index in [4.69, 9.17) is 30.5 Å². The molecule has 0 bridgehead atoms. The zero-order valence-electron chi connectivity index (χ0n) is 17.3. The van der Waals surface area contributed by atoms with E-state index < -0.39 is 41.1 Å². The van der Waals surface area contributed by atoms with Crippen LogP contribution in [0.4, 0.5) is 0 Å². The van der Waals surface area contributed by atoms with E-state index in [9.17, 15) is 19.5 Å². The van der Waals surface area contributed by atoms with Crippen molar-refractivity contribution in [1.29, 1.82) is 0 Å². The van der Waals surface area contributed by atoms with Crippen LogP contribution in [-0.4, -0.2) is 69.1 Å². The third kappa shape index (κ3) is 5.78. The standard InChI is InChI=1S/C21H27ClO8/c1-21(26)12-15(23)17(19(24)29-10-8-27-2)16(13-4-6-14(22)7-5-13)18(21)20(25)30-11-9-28-3/h4-7,16-18,26H,8-12H2,1-3H3/t16-,17-,18+,21+/m0/s1. The number of hydrogen-bond acceptors (Lipinski definition) is 8. The Bertz CT molecular complexity index is 746. The molecule has 0 unspecified atom stereocenters. The number of Topliss-reactive ketones (excluding diaryl/α,β-unsaturated/α-hetero) is 1. The lowest BCUT2D eigenvalue weighted by molar-refractivity contribution is -0.174. The first-order valence-corrected chi connectivity index (χ1v) is 9.92. The lowest BCUT2D eigenvalue weighted by Crippen LogP contribution is -2.55. The third-order valence-corrected chi connectivity index (χ3v) is 5.35. The van der Waals surface area contributed by atoms with Crippen LogP contribution < -0.4 is 0 Å². The van der Waals surface area contributed by atoms with Gasteiger partial charge in [-0.3, -0.25) is 14.4 Å².